The first-order valence-electron chi connectivity index (χ1n) is 11.1. The number of rotatable bonds is 5. The van der Waals surface area contributed by atoms with Crippen LogP contribution in [-0.2, 0) is 20.1 Å². The molecule has 2 unspecified atom stereocenters. The van der Waals surface area contributed by atoms with Gasteiger partial charge in [-0.05, 0) is 28.8 Å². The van der Waals surface area contributed by atoms with Crippen molar-refractivity contribution < 1.29 is 0 Å². The van der Waals surface area contributed by atoms with Crippen LogP contribution in [0.15, 0.2) is 72.9 Å². The van der Waals surface area contributed by atoms with Gasteiger partial charge in [0.05, 0.1) is 6.04 Å². The van der Waals surface area contributed by atoms with Crippen molar-refractivity contribution in [2.75, 3.05) is 31.1 Å². The average Bonchev–Trinajstić information content (AvgIpc) is 3.21. The highest BCUT2D eigenvalue weighted by Crippen LogP contribution is 2.44. The molecule has 0 amide bonds. The lowest BCUT2D eigenvalue weighted by atomic mass is 9.81. The Bertz CT molecular complexity index is 961. The molecule has 3 heterocycles. The molecule has 2 aromatic carbocycles. The van der Waals surface area contributed by atoms with Gasteiger partial charge < -0.3 is 9.47 Å². The molecular formula is C26H31N3S. The Kier molecular flexibility index (Phi) is 5.98. The van der Waals surface area contributed by atoms with Crippen LogP contribution in [0.2, 0.25) is 0 Å². The highest BCUT2D eigenvalue weighted by Gasteiger charge is 2.38. The van der Waals surface area contributed by atoms with Crippen LogP contribution in [0.4, 0.5) is 0 Å². The Balaban J connectivity index is 1.55. The first kappa shape index (κ1) is 19.9. The third-order valence-corrected chi connectivity index (χ3v) is 7.62. The number of nitrogens with zero attached hydrogens (tertiary/aromatic N) is 3. The number of aromatic nitrogens is 1. The molecule has 3 nitrogen and oxygen atoms in total. The Hall–Kier alpha value is -2.01. The summed E-state index contributed by atoms with van der Waals surface area (Å²) in [7, 11) is 2.20. The van der Waals surface area contributed by atoms with E-state index >= 15 is 0 Å². The molecule has 2 aliphatic rings. The summed E-state index contributed by atoms with van der Waals surface area (Å²) in [5.41, 5.74) is 5.86. The summed E-state index contributed by atoms with van der Waals surface area (Å²) in [4.78, 5) is 5.40. The second-order valence-corrected chi connectivity index (χ2v) is 9.82. The van der Waals surface area contributed by atoms with Crippen molar-refractivity contribution in [3.05, 3.63) is 95.3 Å². The molecule has 0 spiro atoms. The smallest absolute Gasteiger partial charge is 0.0588 e. The maximum atomic E-state index is 2.70. The molecule has 4 heteroatoms. The normalized spacial score (nSPS) is 22.7. The van der Waals surface area contributed by atoms with E-state index in [0.29, 0.717) is 12.0 Å². The Morgan fingerprint density at radius 2 is 1.67 bits per heavy atom. The lowest BCUT2D eigenvalue weighted by molar-refractivity contribution is 0.110. The number of fused-ring (bicyclic) bond motifs is 1. The van der Waals surface area contributed by atoms with Gasteiger partial charge >= 0.3 is 0 Å². The van der Waals surface area contributed by atoms with E-state index in [2.05, 4.69) is 106 Å². The highest BCUT2D eigenvalue weighted by atomic mass is 32.2. The minimum Gasteiger partial charge on any atom is -0.353 e. The molecule has 0 bridgehead atoms. The van der Waals surface area contributed by atoms with E-state index in [-0.39, 0.29) is 0 Å². The van der Waals surface area contributed by atoms with E-state index in [1.807, 2.05) is 0 Å². The van der Waals surface area contributed by atoms with Gasteiger partial charge in [-0.15, -0.1) is 0 Å². The molecule has 1 aromatic heterocycles. The van der Waals surface area contributed by atoms with E-state index in [9.17, 15) is 0 Å². The maximum absolute atomic E-state index is 2.70. The highest BCUT2D eigenvalue weighted by molar-refractivity contribution is 7.99. The Morgan fingerprint density at radius 1 is 0.900 bits per heavy atom. The minimum absolute atomic E-state index is 0.384. The molecule has 1 saturated heterocycles. The summed E-state index contributed by atoms with van der Waals surface area (Å²) >= 11 is 2.09. The lowest BCUT2D eigenvalue weighted by Gasteiger charge is -2.45. The predicted octanol–water partition coefficient (Wildman–Crippen LogP) is 4.91. The molecule has 3 aromatic rings. The van der Waals surface area contributed by atoms with Crippen LogP contribution >= 0.6 is 11.8 Å². The van der Waals surface area contributed by atoms with Gasteiger partial charge in [0.1, 0.15) is 0 Å². The minimum atomic E-state index is 0.384. The largest absolute Gasteiger partial charge is 0.353 e. The van der Waals surface area contributed by atoms with Gasteiger partial charge in [-0.3, -0.25) is 4.90 Å². The molecule has 0 N–H and O–H groups in total. The topological polar surface area (TPSA) is 11.4 Å². The van der Waals surface area contributed by atoms with Gasteiger partial charge in [0.2, 0.25) is 0 Å². The predicted molar refractivity (Wildman–Crippen MR) is 127 cm³/mol. The van der Waals surface area contributed by atoms with Gasteiger partial charge in [0.25, 0.3) is 0 Å². The van der Waals surface area contributed by atoms with E-state index in [4.69, 9.17) is 0 Å². The molecule has 0 saturated carbocycles. The SMILES string of the molecule is Cn1cccc1C1C(CN2CCSCC2)c2ccccc2CN1Cc1ccccc1. The van der Waals surface area contributed by atoms with Crippen molar-refractivity contribution in [3.63, 3.8) is 0 Å². The number of hydrogen-bond acceptors (Lipinski definition) is 3. The summed E-state index contributed by atoms with van der Waals surface area (Å²) in [6, 6.07) is 25.0. The fourth-order valence-electron chi connectivity index (χ4n) is 5.19. The van der Waals surface area contributed by atoms with Crippen LogP contribution in [0.3, 0.4) is 0 Å². The molecular weight excluding hydrogens is 386 g/mol. The molecule has 0 aliphatic carbocycles. The molecule has 0 radical (unpaired) electrons. The van der Waals surface area contributed by atoms with Crippen LogP contribution in [0.25, 0.3) is 0 Å². The van der Waals surface area contributed by atoms with E-state index < -0.39 is 0 Å². The Morgan fingerprint density at radius 3 is 2.43 bits per heavy atom. The molecule has 5 rings (SSSR count). The molecule has 30 heavy (non-hydrogen) atoms. The second kappa shape index (κ2) is 9.01. The lowest BCUT2D eigenvalue weighted by Crippen LogP contribution is -2.44. The quantitative estimate of drug-likeness (QED) is 0.584. The van der Waals surface area contributed by atoms with E-state index in [1.165, 1.54) is 41.4 Å². The van der Waals surface area contributed by atoms with Crippen molar-refractivity contribution in [3.8, 4) is 0 Å². The summed E-state index contributed by atoms with van der Waals surface area (Å²) in [5.74, 6) is 3.00. The van der Waals surface area contributed by atoms with Crippen molar-refractivity contribution in [2.45, 2.75) is 25.0 Å². The number of benzene rings is 2. The average molecular weight is 418 g/mol. The van der Waals surface area contributed by atoms with Crippen LogP contribution in [0.5, 0.6) is 0 Å². The fourth-order valence-corrected chi connectivity index (χ4v) is 6.17. The zero-order valence-electron chi connectivity index (χ0n) is 17.8. The third kappa shape index (κ3) is 4.09. The standard InChI is InChI=1S/C26H31N3S/c1-27-13-7-12-25(27)26-24(20-28-14-16-30-17-15-28)23-11-6-5-10-22(23)19-29(26)18-21-8-3-2-4-9-21/h2-13,24,26H,14-20H2,1H3. The van der Waals surface area contributed by atoms with Gasteiger partial charge in [-0.25, -0.2) is 0 Å². The summed E-state index contributed by atoms with van der Waals surface area (Å²) in [6.07, 6.45) is 2.20. The van der Waals surface area contributed by atoms with Gasteiger partial charge in [-0.1, -0.05) is 54.6 Å². The third-order valence-electron chi connectivity index (χ3n) is 6.68. The van der Waals surface area contributed by atoms with E-state index in [1.54, 1.807) is 5.56 Å². The number of thioether (sulfide) groups is 1. The number of aryl methyl sites for hydroxylation is 1. The van der Waals surface area contributed by atoms with Crippen LogP contribution < -0.4 is 0 Å². The number of hydrogen-bond donors (Lipinski definition) is 0. The van der Waals surface area contributed by atoms with Crippen LogP contribution in [0.1, 0.15) is 34.3 Å². The Labute approximate surface area is 184 Å². The fraction of sp³-hybridized carbons (Fsp3) is 0.385. The molecule has 1 fully saturated rings. The monoisotopic (exact) mass is 417 g/mol. The van der Waals surface area contributed by atoms with Crippen LogP contribution in [-0.4, -0.2) is 45.5 Å². The summed E-state index contributed by atoms with van der Waals surface area (Å²) < 4.78 is 2.33. The second-order valence-electron chi connectivity index (χ2n) is 8.60. The summed E-state index contributed by atoms with van der Waals surface area (Å²) in [5, 5.41) is 0. The van der Waals surface area contributed by atoms with E-state index in [0.717, 1.165) is 19.6 Å². The molecule has 156 valence electrons. The van der Waals surface area contributed by atoms with Gasteiger partial charge in [0, 0.05) is 69.1 Å². The maximum Gasteiger partial charge on any atom is 0.0588 e. The van der Waals surface area contributed by atoms with Gasteiger partial charge in [0.15, 0.2) is 0 Å². The molecule has 2 atom stereocenters. The molecule has 2 aliphatic heterocycles. The van der Waals surface area contributed by atoms with Gasteiger partial charge in [-0.2, -0.15) is 11.8 Å². The summed E-state index contributed by atoms with van der Waals surface area (Å²) in [6.45, 7) is 5.55. The first-order valence-corrected chi connectivity index (χ1v) is 12.2. The zero-order valence-corrected chi connectivity index (χ0v) is 18.6. The van der Waals surface area contributed by atoms with Crippen molar-refractivity contribution in [1.82, 2.24) is 14.4 Å². The zero-order chi connectivity index (χ0) is 20.3. The van der Waals surface area contributed by atoms with Crippen molar-refractivity contribution in [1.29, 1.82) is 0 Å². The van der Waals surface area contributed by atoms with Crippen molar-refractivity contribution >= 4 is 11.8 Å². The first-order chi connectivity index (χ1) is 14.8. The van der Waals surface area contributed by atoms with Crippen LogP contribution in [0, 0.1) is 0 Å². The van der Waals surface area contributed by atoms with Crippen molar-refractivity contribution in [2.24, 2.45) is 7.05 Å².